The fourth-order valence-electron chi connectivity index (χ4n) is 3.17. The fourth-order valence-corrected chi connectivity index (χ4v) is 3.17. The lowest BCUT2D eigenvalue weighted by atomic mass is 9.76. The maximum Gasteiger partial charge on any atom is 0.0623 e. The Balaban J connectivity index is 2.25. The predicted molar refractivity (Wildman–Crippen MR) is 78.7 cm³/mol. The van der Waals surface area contributed by atoms with Crippen molar-refractivity contribution in [1.29, 1.82) is 0 Å². The molecule has 2 nitrogen and oxygen atoms in total. The summed E-state index contributed by atoms with van der Waals surface area (Å²) in [5.74, 6) is 1.74. The predicted octanol–water partition coefficient (Wildman–Crippen LogP) is 4.13. The second kappa shape index (κ2) is 7.49. The van der Waals surface area contributed by atoms with E-state index < -0.39 is 0 Å². The second-order valence-corrected chi connectivity index (χ2v) is 6.74. The van der Waals surface area contributed by atoms with E-state index >= 15 is 0 Å². The first-order valence-corrected chi connectivity index (χ1v) is 7.79. The number of hydrogen-bond acceptors (Lipinski definition) is 2. The van der Waals surface area contributed by atoms with Crippen molar-refractivity contribution in [2.45, 2.75) is 83.8 Å². The molecule has 18 heavy (non-hydrogen) atoms. The van der Waals surface area contributed by atoms with Gasteiger partial charge in [-0.3, -0.25) is 0 Å². The number of methoxy groups -OCH3 is 1. The molecular formula is C16H33NO. The van der Waals surface area contributed by atoms with Crippen LogP contribution >= 0.6 is 0 Å². The van der Waals surface area contributed by atoms with E-state index in [4.69, 9.17) is 10.5 Å². The minimum Gasteiger partial charge on any atom is -0.379 e. The van der Waals surface area contributed by atoms with Gasteiger partial charge in [-0.15, -0.1) is 0 Å². The summed E-state index contributed by atoms with van der Waals surface area (Å²) in [6, 6.07) is 0.377. The lowest BCUT2D eigenvalue weighted by Gasteiger charge is -2.33. The summed E-state index contributed by atoms with van der Waals surface area (Å²) in [7, 11) is 1.79. The molecule has 0 radical (unpaired) electrons. The van der Waals surface area contributed by atoms with Crippen molar-refractivity contribution in [2.24, 2.45) is 17.6 Å². The van der Waals surface area contributed by atoms with Crippen molar-refractivity contribution in [3.63, 3.8) is 0 Å². The number of hydrogen-bond donors (Lipinski definition) is 1. The second-order valence-electron chi connectivity index (χ2n) is 6.74. The average Bonchev–Trinajstić information content (AvgIpc) is 2.37. The molecule has 0 saturated heterocycles. The molecule has 1 aliphatic carbocycles. The van der Waals surface area contributed by atoms with E-state index in [2.05, 4.69) is 20.8 Å². The molecule has 1 unspecified atom stereocenters. The summed E-state index contributed by atoms with van der Waals surface area (Å²) >= 11 is 0. The average molecular weight is 255 g/mol. The number of rotatable bonds is 7. The van der Waals surface area contributed by atoms with Gasteiger partial charge in [-0.2, -0.15) is 0 Å². The van der Waals surface area contributed by atoms with Gasteiger partial charge < -0.3 is 10.5 Å². The van der Waals surface area contributed by atoms with Crippen LogP contribution < -0.4 is 5.73 Å². The molecule has 0 aromatic carbocycles. The molecule has 1 rings (SSSR count). The topological polar surface area (TPSA) is 35.2 Å². The molecule has 1 aliphatic rings. The largest absolute Gasteiger partial charge is 0.379 e. The Hall–Kier alpha value is -0.0800. The van der Waals surface area contributed by atoms with E-state index in [1.165, 1.54) is 38.5 Å². The standard InChI is InChI=1S/C16H33NO/c1-5-6-13-7-9-14(10-8-13)15(17)11-12-16(2,3)18-4/h13-15H,5-12,17H2,1-4H3. The van der Waals surface area contributed by atoms with Gasteiger partial charge in [0.1, 0.15) is 0 Å². The van der Waals surface area contributed by atoms with Crippen LogP contribution in [0.3, 0.4) is 0 Å². The monoisotopic (exact) mass is 255 g/mol. The third-order valence-corrected chi connectivity index (χ3v) is 4.83. The molecular weight excluding hydrogens is 222 g/mol. The fraction of sp³-hybridized carbons (Fsp3) is 1.00. The van der Waals surface area contributed by atoms with Crippen LogP contribution in [0.2, 0.25) is 0 Å². The Morgan fingerprint density at radius 2 is 1.83 bits per heavy atom. The van der Waals surface area contributed by atoms with Gasteiger partial charge in [0.05, 0.1) is 5.60 Å². The van der Waals surface area contributed by atoms with E-state index in [1.54, 1.807) is 7.11 Å². The smallest absolute Gasteiger partial charge is 0.0623 e. The number of nitrogens with two attached hydrogens (primary N) is 1. The summed E-state index contributed by atoms with van der Waals surface area (Å²) in [6.45, 7) is 6.60. The van der Waals surface area contributed by atoms with Crippen molar-refractivity contribution in [3.05, 3.63) is 0 Å². The first-order valence-electron chi connectivity index (χ1n) is 7.79. The Morgan fingerprint density at radius 1 is 1.22 bits per heavy atom. The molecule has 0 spiro atoms. The van der Waals surface area contributed by atoms with Crippen molar-refractivity contribution in [3.8, 4) is 0 Å². The Kier molecular flexibility index (Phi) is 6.65. The van der Waals surface area contributed by atoms with E-state index in [9.17, 15) is 0 Å². The molecule has 1 saturated carbocycles. The van der Waals surface area contributed by atoms with Crippen LogP contribution in [0.25, 0.3) is 0 Å². The van der Waals surface area contributed by atoms with Crippen LogP contribution in [0.4, 0.5) is 0 Å². The maximum absolute atomic E-state index is 6.37. The van der Waals surface area contributed by atoms with Crippen LogP contribution in [0.15, 0.2) is 0 Å². The minimum absolute atomic E-state index is 0.0168. The van der Waals surface area contributed by atoms with Crippen molar-refractivity contribution in [2.75, 3.05) is 7.11 Å². The van der Waals surface area contributed by atoms with Gasteiger partial charge in [-0.05, 0) is 51.4 Å². The quantitative estimate of drug-likeness (QED) is 0.742. The zero-order valence-electron chi connectivity index (χ0n) is 12.9. The van der Waals surface area contributed by atoms with Gasteiger partial charge in [-0.1, -0.05) is 32.6 Å². The SMILES string of the molecule is CCCC1CCC(C(N)CCC(C)(C)OC)CC1. The van der Waals surface area contributed by atoms with Gasteiger partial charge in [0.25, 0.3) is 0 Å². The molecule has 108 valence electrons. The molecule has 2 heteroatoms. The van der Waals surface area contributed by atoms with Crippen LogP contribution in [-0.4, -0.2) is 18.8 Å². The third kappa shape index (κ3) is 5.27. The summed E-state index contributed by atoms with van der Waals surface area (Å²) in [6.07, 6.45) is 10.4. The van der Waals surface area contributed by atoms with Crippen LogP contribution in [0.1, 0.15) is 72.1 Å². The Bertz CT molecular complexity index is 219. The van der Waals surface area contributed by atoms with E-state index in [0.29, 0.717) is 6.04 Å². The molecule has 0 aromatic rings. The molecule has 2 N–H and O–H groups in total. The highest BCUT2D eigenvalue weighted by Gasteiger charge is 2.26. The molecule has 0 aromatic heterocycles. The van der Waals surface area contributed by atoms with E-state index in [-0.39, 0.29) is 5.60 Å². The number of ether oxygens (including phenoxy) is 1. The Labute approximate surface area is 114 Å². The summed E-state index contributed by atoms with van der Waals surface area (Å²) in [4.78, 5) is 0. The van der Waals surface area contributed by atoms with Crippen molar-refractivity contribution in [1.82, 2.24) is 0 Å². The van der Waals surface area contributed by atoms with Gasteiger partial charge in [-0.25, -0.2) is 0 Å². The molecule has 0 heterocycles. The van der Waals surface area contributed by atoms with Crippen LogP contribution in [-0.2, 0) is 4.74 Å². The molecule has 1 fully saturated rings. The zero-order valence-corrected chi connectivity index (χ0v) is 12.9. The van der Waals surface area contributed by atoms with Gasteiger partial charge >= 0.3 is 0 Å². The molecule has 0 amide bonds. The third-order valence-electron chi connectivity index (χ3n) is 4.83. The van der Waals surface area contributed by atoms with Crippen LogP contribution in [0.5, 0.6) is 0 Å². The molecule has 0 aliphatic heterocycles. The van der Waals surface area contributed by atoms with Crippen molar-refractivity contribution >= 4 is 0 Å². The first-order chi connectivity index (χ1) is 8.48. The van der Waals surface area contributed by atoms with Gasteiger partial charge in [0.2, 0.25) is 0 Å². The van der Waals surface area contributed by atoms with E-state index in [1.807, 2.05) is 0 Å². The highest BCUT2D eigenvalue weighted by Crippen LogP contribution is 2.34. The summed E-state index contributed by atoms with van der Waals surface area (Å²) < 4.78 is 5.47. The van der Waals surface area contributed by atoms with E-state index in [0.717, 1.165) is 24.7 Å². The van der Waals surface area contributed by atoms with Gasteiger partial charge in [0, 0.05) is 13.2 Å². The zero-order chi connectivity index (χ0) is 13.6. The lowest BCUT2D eigenvalue weighted by Crippen LogP contribution is -2.35. The minimum atomic E-state index is -0.0168. The first kappa shape index (κ1) is 16.0. The van der Waals surface area contributed by atoms with Gasteiger partial charge in [0.15, 0.2) is 0 Å². The van der Waals surface area contributed by atoms with Crippen molar-refractivity contribution < 1.29 is 4.74 Å². The molecule has 1 atom stereocenters. The highest BCUT2D eigenvalue weighted by atomic mass is 16.5. The normalized spacial score (nSPS) is 27.2. The van der Waals surface area contributed by atoms with Crippen LogP contribution in [0, 0.1) is 11.8 Å². The maximum atomic E-state index is 6.37. The summed E-state index contributed by atoms with van der Waals surface area (Å²) in [5, 5.41) is 0. The molecule has 0 bridgehead atoms. The highest BCUT2D eigenvalue weighted by molar-refractivity contribution is 4.82. The summed E-state index contributed by atoms with van der Waals surface area (Å²) in [5.41, 5.74) is 6.36. The lowest BCUT2D eigenvalue weighted by molar-refractivity contribution is 0.0105. The Morgan fingerprint density at radius 3 is 2.33 bits per heavy atom.